The van der Waals surface area contributed by atoms with Crippen molar-refractivity contribution in [2.75, 3.05) is 39.4 Å². The number of carbonyl (C=O) groups excluding carboxylic acids is 2. The second-order valence-corrected chi connectivity index (χ2v) is 9.40. The first kappa shape index (κ1) is 23.6. The molecule has 2 aromatic carbocycles. The summed E-state index contributed by atoms with van der Waals surface area (Å²) in [6.45, 7) is 12.5. The second kappa shape index (κ2) is 10.1. The van der Waals surface area contributed by atoms with Gasteiger partial charge in [-0.1, -0.05) is 56.2 Å². The van der Waals surface area contributed by atoms with Gasteiger partial charge in [0.15, 0.2) is 13.2 Å². The highest BCUT2D eigenvalue weighted by Gasteiger charge is 2.25. The van der Waals surface area contributed by atoms with Crippen LogP contribution in [0, 0.1) is 13.8 Å². The number of aryl methyl sites for hydroxylation is 2. The van der Waals surface area contributed by atoms with Gasteiger partial charge in [0.05, 0.1) is 0 Å². The van der Waals surface area contributed by atoms with E-state index in [1.807, 2.05) is 43.3 Å². The van der Waals surface area contributed by atoms with Gasteiger partial charge in [-0.3, -0.25) is 9.59 Å². The van der Waals surface area contributed by atoms with Gasteiger partial charge >= 0.3 is 0 Å². The van der Waals surface area contributed by atoms with Crippen molar-refractivity contribution in [2.45, 2.75) is 40.0 Å². The Morgan fingerprint density at radius 2 is 1.28 bits per heavy atom. The molecule has 0 saturated carbocycles. The summed E-state index contributed by atoms with van der Waals surface area (Å²) in [5.74, 6) is 1.30. The number of ether oxygens (including phenoxy) is 2. The van der Waals surface area contributed by atoms with Crippen LogP contribution >= 0.6 is 0 Å². The minimum Gasteiger partial charge on any atom is -0.484 e. The van der Waals surface area contributed by atoms with Crippen molar-refractivity contribution in [3.8, 4) is 11.5 Å². The first-order valence-corrected chi connectivity index (χ1v) is 11.1. The molecule has 172 valence electrons. The molecule has 6 nitrogen and oxygen atoms in total. The van der Waals surface area contributed by atoms with Crippen molar-refractivity contribution in [1.82, 2.24) is 9.80 Å². The van der Waals surface area contributed by atoms with Crippen LogP contribution < -0.4 is 9.47 Å². The lowest BCUT2D eigenvalue weighted by atomic mass is 9.85. The predicted molar refractivity (Wildman–Crippen MR) is 125 cm³/mol. The number of amides is 2. The molecule has 2 aromatic rings. The minimum absolute atomic E-state index is 0.00310. The van der Waals surface area contributed by atoms with Gasteiger partial charge in [-0.05, 0) is 43.0 Å². The maximum Gasteiger partial charge on any atom is 0.260 e. The van der Waals surface area contributed by atoms with Gasteiger partial charge in [-0.15, -0.1) is 0 Å². The molecular weight excluding hydrogens is 404 g/mol. The van der Waals surface area contributed by atoms with Crippen molar-refractivity contribution in [1.29, 1.82) is 0 Å². The summed E-state index contributed by atoms with van der Waals surface area (Å²) >= 11 is 0. The Hall–Kier alpha value is -3.02. The summed E-state index contributed by atoms with van der Waals surface area (Å²) < 4.78 is 11.5. The van der Waals surface area contributed by atoms with Crippen molar-refractivity contribution >= 4 is 11.8 Å². The van der Waals surface area contributed by atoms with Crippen LogP contribution in [0.4, 0.5) is 0 Å². The molecule has 1 saturated heterocycles. The molecule has 0 spiro atoms. The third kappa shape index (κ3) is 6.25. The molecule has 1 heterocycles. The summed E-state index contributed by atoms with van der Waals surface area (Å²) in [6.07, 6.45) is 0. The Morgan fingerprint density at radius 1 is 0.781 bits per heavy atom. The zero-order chi connectivity index (χ0) is 23.3. The summed E-state index contributed by atoms with van der Waals surface area (Å²) in [7, 11) is 0. The van der Waals surface area contributed by atoms with E-state index in [1.165, 1.54) is 5.56 Å². The van der Waals surface area contributed by atoms with Crippen LogP contribution in [0.3, 0.4) is 0 Å². The van der Waals surface area contributed by atoms with Gasteiger partial charge in [-0.25, -0.2) is 0 Å². The molecule has 0 atom stereocenters. The van der Waals surface area contributed by atoms with Crippen LogP contribution in [-0.4, -0.2) is 61.0 Å². The Kier molecular flexibility index (Phi) is 7.44. The van der Waals surface area contributed by atoms with Crippen molar-refractivity contribution < 1.29 is 19.1 Å². The van der Waals surface area contributed by atoms with E-state index < -0.39 is 0 Å². The minimum atomic E-state index is -0.0724. The van der Waals surface area contributed by atoms with Crippen molar-refractivity contribution in [3.63, 3.8) is 0 Å². The van der Waals surface area contributed by atoms with Gasteiger partial charge in [0.2, 0.25) is 0 Å². The molecule has 1 aliphatic rings. The quantitative estimate of drug-likeness (QED) is 0.690. The highest BCUT2D eigenvalue weighted by molar-refractivity contribution is 5.80. The average Bonchev–Trinajstić information content (AvgIpc) is 2.77. The zero-order valence-electron chi connectivity index (χ0n) is 19.8. The molecule has 0 unspecified atom stereocenters. The van der Waals surface area contributed by atoms with E-state index in [9.17, 15) is 9.59 Å². The molecule has 0 aromatic heterocycles. The molecule has 0 radical (unpaired) electrons. The second-order valence-electron chi connectivity index (χ2n) is 9.40. The Labute approximate surface area is 191 Å². The maximum absolute atomic E-state index is 12.7. The van der Waals surface area contributed by atoms with E-state index in [0.29, 0.717) is 31.9 Å². The lowest BCUT2D eigenvalue weighted by molar-refractivity contribution is -0.141. The number of hydrogen-bond donors (Lipinski definition) is 0. The topological polar surface area (TPSA) is 59.1 Å². The summed E-state index contributed by atoms with van der Waals surface area (Å²) in [5.41, 5.74) is 3.33. The third-order valence-corrected chi connectivity index (χ3v) is 5.66. The molecule has 1 fully saturated rings. The molecule has 3 rings (SSSR count). The highest BCUT2D eigenvalue weighted by Crippen LogP contribution is 2.32. The number of piperazine rings is 1. The number of hydrogen-bond acceptors (Lipinski definition) is 4. The smallest absolute Gasteiger partial charge is 0.260 e. The Bertz CT molecular complexity index is 939. The molecule has 32 heavy (non-hydrogen) atoms. The van der Waals surface area contributed by atoms with Gasteiger partial charge in [-0.2, -0.15) is 0 Å². The first-order valence-electron chi connectivity index (χ1n) is 11.1. The van der Waals surface area contributed by atoms with E-state index >= 15 is 0 Å². The van der Waals surface area contributed by atoms with Gasteiger partial charge in [0, 0.05) is 26.2 Å². The van der Waals surface area contributed by atoms with Crippen LogP contribution in [0.5, 0.6) is 11.5 Å². The molecule has 0 bridgehead atoms. The molecule has 6 heteroatoms. The fourth-order valence-electron chi connectivity index (χ4n) is 3.66. The zero-order valence-corrected chi connectivity index (χ0v) is 19.8. The normalized spacial score (nSPS) is 14.3. The van der Waals surface area contributed by atoms with Crippen LogP contribution in [0.2, 0.25) is 0 Å². The Morgan fingerprint density at radius 3 is 1.81 bits per heavy atom. The summed E-state index contributed by atoms with van der Waals surface area (Å²) in [5, 5.41) is 0. The van der Waals surface area contributed by atoms with Crippen LogP contribution in [0.15, 0.2) is 42.5 Å². The number of carbonyl (C=O) groups is 2. The number of nitrogens with zero attached hydrogens (tertiary/aromatic N) is 2. The van der Waals surface area contributed by atoms with E-state index in [0.717, 1.165) is 16.9 Å². The van der Waals surface area contributed by atoms with Crippen molar-refractivity contribution in [2.24, 2.45) is 0 Å². The van der Waals surface area contributed by atoms with Crippen LogP contribution in [0.25, 0.3) is 0 Å². The summed E-state index contributed by atoms with van der Waals surface area (Å²) in [4.78, 5) is 28.7. The standard InChI is InChI=1S/C26H34N2O4/c1-19-6-9-21(10-7-19)31-17-24(29)27-12-14-28(15-13-27)25(30)18-32-23-11-8-20(2)16-22(23)26(3,4)5/h6-11,16H,12-15,17-18H2,1-5H3. The average molecular weight is 439 g/mol. The van der Waals surface area contributed by atoms with Crippen LogP contribution in [0.1, 0.15) is 37.5 Å². The van der Waals surface area contributed by atoms with E-state index in [1.54, 1.807) is 9.80 Å². The molecule has 1 aliphatic heterocycles. The molecular formula is C26H34N2O4. The number of benzene rings is 2. The third-order valence-electron chi connectivity index (χ3n) is 5.66. The number of rotatable bonds is 6. The van der Waals surface area contributed by atoms with Gasteiger partial charge in [0.25, 0.3) is 11.8 Å². The van der Waals surface area contributed by atoms with E-state index in [2.05, 4.69) is 33.8 Å². The lowest BCUT2D eigenvalue weighted by Crippen LogP contribution is -2.52. The SMILES string of the molecule is Cc1ccc(OCC(=O)N2CCN(C(=O)COc3ccc(C)cc3C(C)(C)C)CC2)cc1. The van der Waals surface area contributed by atoms with Gasteiger partial charge < -0.3 is 19.3 Å². The van der Waals surface area contributed by atoms with Crippen molar-refractivity contribution in [3.05, 3.63) is 59.2 Å². The fraction of sp³-hybridized carbons (Fsp3) is 0.462. The molecule has 0 N–H and O–H groups in total. The van der Waals surface area contributed by atoms with E-state index in [4.69, 9.17) is 9.47 Å². The van der Waals surface area contributed by atoms with E-state index in [-0.39, 0.29) is 30.4 Å². The predicted octanol–water partition coefficient (Wildman–Crippen LogP) is 3.73. The largest absolute Gasteiger partial charge is 0.484 e. The Balaban J connectivity index is 1.46. The first-order chi connectivity index (χ1) is 15.1. The van der Waals surface area contributed by atoms with Crippen LogP contribution in [-0.2, 0) is 15.0 Å². The highest BCUT2D eigenvalue weighted by atomic mass is 16.5. The molecule has 0 aliphatic carbocycles. The van der Waals surface area contributed by atoms with Gasteiger partial charge in [0.1, 0.15) is 11.5 Å². The molecule has 2 amide bonds. The maximum atomic E-state index is 12.7. The fourth-order valence-corrected chi connectivity index (χ4v) is 3.66. The lowest BCUT2D eigenvalue weighted by Gasteiger charge is -2.34. The summed E-state index contributed by atoms with van der Waals surface area (Å²) in [6, 6.07) is 13.7. The monoisotopic (exact) mass is 438 g/mol.